The monoisotopic (exact) mass is 470 g/mol. The van der Waals surface area contributed by atoms with Gasteiger partial charge in [0.25, 0.3) is 5.91 Å². The molecule has 0 aliphatic carbocycles. The number of amides is 1. The topological polar surface area (TPSA) is 48.5 Å². The standard InChI is InChI=1S/C28H30N4OS/c1-2-12-31-13-15-32(16-14-31)19-23-17-22(8-10-25(23)21-6-4-3-5-7-21)28(33)30-24-9-11-27-26(18-24)29-20-34-27/h3-11,17-18,20H,2,12-16,19H2,1H3,(H,30,33). The van der Waals surface area contributed by atoms with Crippen LogP contribution in [0.2, 0.25) is 0 Å². The molecule has 5 nitrogen and oxygen atoms in total. The Hall–Kier alpha value is -3.06. The lowest BCUT2D eigenvalue weighted by Gasteiger charge is -2.35. The van der Waals surface area contributed by atoms with Crippen molar-refractivity contribution >= 4 is 33.1 Å². The molecule has 0 unspecified atom stereocenters. The Morgan fingerprint density at radius 3 is 2.56 bits per heavy atom. The van der Waals surface area contributed by atoms with Crippen molar-refractivity contribution in [2.24, 2.45) is 0 Å². The van der Waals surface area contributed by atoms with Crippen LogP contribution >= 0.6 is 11.3 Å². The fourth-order valence-electron chi connectivity index (χ4n) is 4.63. The summed E-state index contributed by atoms with van der Waals surface area (Å²) in [6.07, 6.45) is 1.20. The van der Waals surface area contributed by atoms with Gasteiger partial charge in [-0.05, 0) is 60.0 Å². The molecule has 6 heteroatoms. The fourth-order valence-corrected chi connectivity index (χ4v) is 5.29. The number of aromatic nitrogens is 1. The minimum Gasteiger partial charge on any atom is -0.322 e. The second-order valence-corrected chi connectivity index (χ2v) is 9.73. The van der Waals surface area contributed by atoms with E-state index in [9.17, 15) is 4.79 Å². The third-order valence-corrected chi connectivity index (χ3v) is 7.25. The first kappa shape index (κ1) is 22.7. The SMILES string of the molecule is CCCN1CCN(Cc2cc(C(=O)Nc3ccc4scnc4c3)ccc2-c2ccccc2)CC1. The molecule has 34 heavy (non-hydrogen) atoms. The summed E-state index contributed by atoms with van der Waals surface area (Å²) in [6, 6.07) is 22.4. The van der Waals surface area contributed by atoms with Crippen molar-refractivity contribution in [2.45, 2.75) is 19.9 Å². The molecule has 0 atom stereocenters. The number of carbonyl (C=O) groups is 1. The summed E-state index contributed by atoms with van der Waals surface area (Å²) >= 11 is 1.60. The van der Waals surface area contributed by atoms with Crippen molar-refractivity contribution in [2.75, 3.05) is 38.0 Å². The second kappa shape index (κ2) is 10.5. The van der Waals surface area contributed by atoms with Crippen molar-refractivity contribution < 1.29 is 4.79 Å². The maximum absolute atomic E-state index is 13.1. The maximum atomic E-state index is 13.1. The molecular formula is C28H30N4OS. The van der Waals surface area contributed by atoms with E-state index in [1.165, 1.54) is 29.7 Å². The van der Waals surface area contributed by atoms with Gasteiger partial charge in [0.05, 0.1) is 15.7 Å². The summed E-state index contributed by atoms with van der Waals surface area (Å²) in [5.74, 6) is -0.0943. The highest BCUT2D eigenvalue weighted by Gasteiger charge is 2.19. The average Bonchev–Trinajstić information content (AvgIpc) is 3.34. The molecule has 1 aromatic heterocycles. The highest BCUT2D eigenvalue weighted by atomic mass is 32.1. The highest BCUT2D eigenvalue weighted by Crippen LogP contribution is 2.27. The summed E-state index contributed by atoms with van der Waals surface area (Å²) in [5, 5.41) is 3.06. The van der Waals surface area contributed by atoms with Crippen LogP contribution in [0, 0.1) is 0 Å². The molecule has 0 spiro atoms. The Morgan fingerprint density at radius 2 is 1.76 bits per heavy atom. The normalized spacial score (nSPS) is 15.0. The third kappa shape index (κ3) is 5.20. The van der Waals surface area contributed by atoms with E-state index in [1.54, 1.807) is 11.3 Å². The molecule has 0 bridgehead atoms. The van der Waals surface area contributed by atoms with E-state index in [4.69, 9.17) is 0 Å². The first-order valence-electron chi connectivity index (χ1n) is 12.0. The molecule has 0 radical (unpaired) electrons. The third-order valence-electron chi connectivity index (χ3n) is 6.44. The summed E-state index contributed by atoms with van der Waals surface area (Å²) < 4.78 is 1.12. The molecule has 0 saturated carbocycles. The van der Waals surface area contributed by atoms with Gasteiger partial charge in [-0.15, -0.1) is 11.3 Å². The largest absolute Gasteiger partial charge is 0.322 e. The minimum atomic E-state index is -0.0943. The summed E-state index contributed by atoms with van der Waals surface area (Å²) in [5.41, 5.74) is 7.75. The van der Waals surface area contributed by atoms with Crippen LogP contribution in [-0.4, -0.2) is 53.4 Å². The number of benzene rings is 3. The molecular weight excluding hydrogens is 440 g/mol. The maximum Gasteiger partial charge on any atom is 0.255 e. The van der Waals surface area contributed by atoms with Crippen molar-refractivity contribution in [1.82, 2.24) is 14.8 Å². The van der Waals surface area contributed by atoms with Gasteiger partial charge in [-0.1, -0.05) is 43.3 Å². The van der Waals surface area contributed by atoms with E-state index < -0.39 is 0 Å². The van der Waals surface area contributed by atoms with Gasteiger partial charge in [-0.2, -0.15) is 0 Å². The van der Waals surface area contributed by atoms with Gasteiger partial charge in [0.1, 0.15) is 0 Å². The van der Waals surface area contributed by atoms with Crippen LogP contribution in [0.5, 0.6) is 0 Å². The van der Waals surface area contributed by atoms with E-state index in [1.807, 2.05) is 35.8 Å². The molecule has 1 aliphatic heterocycles. The van der Waals surface area contributed by atoms with Gasteiger partial charge in [0.2, 0.25) is 0 Å². The molecule has 4 aromatic rings. The number of thiazole rings is 1. The second-order valence-electron chi connectivity index (χ2n) is 8.84. The number of rotatable bonds is 7. The lowest BCUT2D eigenvalue weighted by atomic mass is 9.96. The van der Waals surface area contributed by atoms with Gasteiger partial charge >= 0.3 is 0 Å². The number of nitrogens with zero attached hydrogens (tertiary/aromatic N) is 3. The Kier molecular flexibility index (Phi) is 7.00. The summed E-state index contributed by atoms with van der Waals surface area (Å²) in [7, 11) is 0. The number of piperazine rings is 1. The zero-order valence-electron chi connectivity index (χ0n) is 19.5. The Balaban J connectivity index is 1.38. The van der Waals surface area contributed by atoms with Crippen LogP contribution in [0.15, 0.2) is 72.2 Å². The van der Waals surface area contributed by atoms with E-state index in [2.05, 4.69) is 63.4 Å². The Bertz CT molecular complexity index is 1260. The van der Waals surface area contributed by atoms with E-state index in [0.29, 0.717) is 5.56 Å². The molecule has 174 valence electrons. The van der Waals surface area contributed by atoms with Crippen molar-refractivity contribution in [3.05, 3.63) is 83.4 Å². The van der Waals surface area contributed by atoms with Crippen LogP contribution in [0.4, 0.5) is 5.69 Å². The quantitative estimate of drug-likeness (QED) is 0.374. The molecule has 1 fully saturated rings. The molecule has 1 saturated heterocycles. The predicted octanol–water partition coefficient (Wildman–Crippen LogP) is 5.74. The first-order chi connectivity index (χ1) is 16.7. The zero-order chi connectivity index (χ0) is 23.3. The van der Waals surface area contributed by atoms with Crippen LogP contribution in [0.3, 0.4) is 0 Å². The first-order valence-corrected chi connectivity index (χ1v) is 12.9. The summed E-state index contributed by atoms with van der Waals surface area (Å²) in [4.78, 5) is 22.6. The zero-order valence-corrected chi connectivity index (χ0v) is 20.4. The molecule has 2 heterocycles. The number of carbonyl (C=O) groups excluding carboxylic acids is 1. The number of anilines is 1. The van der Waals surface area contributed by atoms with Crippen LogP contribution in [0.25, 0.3) is 21.3 Å². The van der Waals surface area contributed by atoms with Gasteiger partial charge in [0, 0.05) is 44.0 Å². The van der Waals surface area contributed by atoms with Crippen molar-refractivity contribution in [3.8, 4) is 11.1 Å². The lowest BCUT2D eigenvalue weighted by molar-refractivity contribution is 0.102. The number of nitrogens with one attached hydrogen (secondary N) is 1. The Labute approximate surface area is 205 Å². The number of hydrogen-bond acceptors (Lipinski definition) is 5. The van der Waals surface area contributed by atoms with E-state index >= 15 is 0 Å². The highest BCUT2D eigenvalue weighted by molar-refractivity contribution is 7.16. The number of hydrogen-bond donors (Lipinski definition) is 1. The van der Waals surface area contributed by atoms with E-state index in [-0.39, 0.29) is 5.91 Å². The van der Waals surface area contributed by atoms with Gasteiger partial charge in [0.15, 0.2) is 0 Å². The fraction of sp³-hybridized carbons (Fsp3) is 0.286. The summed E-state index contributed by atoms with van der Waals surface area (Å²) in [6.45, 7) is 8.57. The van der Waals surface area contributed by atoms with Crippen LogP contribution < -0.4 is 5.32 Å². The molecule has 1 N–H and O–H groups in total. The Morgan fingerprint density at radius 1 is 0.971 bits per heavy atom. The minimum absolute atomic E-state index is 0.0943. The predicted molar refractivity (Wildman–Crippen MR) is 141 cm³/mol. The van der Waals surface area contributed by atoms with Gasteiger partial charge in [-0.25, -0.2) is 4.98 Å². The number of fused-ring (bicyclic) bond motifs is 1. The van der Waals surface area contributed by atoms with E-state index in [0.717, 1.165) is 48.6 Å². The molecule has 1 amide bonds. The average molecular weight is 471 g/mol. The van der Waals surface area contributed by atoms with Gasteiger partial charge in [-0.3, -0.25) is 9.69 Å². The molecule has 3 aromatic carbocycles. The van der Waals surface area contributed by atoms with Crippen LogP contribution in [0.1, 0.15) is 29.3 Å². The van der Waals surface area contributed by atoms with Crippen LogP contribution in [-0.2, 0) is 6.54 Å². The molecule has 1 aliphatic rings. The smallest absolute Gasteiger partial charge is 0.255 e. The van der Waals surface area contributed by atoms with Gasteiger partial charge < -0.3 is 10.2 Å². The van der Waals surface area contributed by atoms with Crippen molar-refractivity contribution in [1.29, 1.82) is 0 Å². The molecule has 5 rings (SSSR count). The van der Waals surface area contributed by atoms with Crippen molar-refractivity contribution in [3.63, 3.8) is 0 Å². The lowest BCUT2D eigenvalue weighted by Crippen LogP contribution is -2.46.